The summed E-state index contributed by atoms with van der Waals surface area (Å²) in [5.74, 6) is -0.518. The van der Waals surface area contributed by atoms with E-state index in [0.717, 1.165) is 11.1 Å². The summed E-state index contributed by atoms with van der Waals surface area (Å²) >= 11 is 0. The topological polar surface area (TPSA) is 101 Å². The number of aromatic nitrogens is 1. The van der Waals surface area contributed by atoms with Crippen LogP contribution in [-0.4, -0.2) is 21.9 Å². The number of benzene rings is 3. The Morgan fingerprint density at radius 3 is 2.14 bits per heavy atom. The van der Waals surface area contributed by atoms with Gasteiger partial charge in [-0.25, -0.2) is 9.37 Å². The quantitative estimate of drug-likeness (QED) is 0.349. The molecule has 8 heteroatoms. The summed E-state index contributed by atoms with van der Waals surface area (Å²) in [6.07, 6.45) is 1.51. The van der Waals surface area contributed by atoms with Crippen molar-refractivity contribution in [1.29, 1.82) is 0 Å². The van der Waals surface area contributed by atoms with Crippen LogP contribution in [0.5, 0.6) is 17.4 Å². The number of phenolic OH excluding ortho intramolecular Hbond substituents is 1. The molecule has 0 bridgehead atoms. The molecule has 7 nitrogen and oxygen atoms in total. The molecule has 0 aliphatic rings. The fraction of sp³-hybridized carbons (Fsp3) is 0.0741. The first-order valence-electron chi connectivity index (χ1n) is 10.8. The molecule has 4 aromatic rings. The number of phenols is 1. The maximum atomic E-state index is 13.1. The summed E-state index contributed by atoms with van der Waals surface area (Å²) in [6, 6.07) is 22.2. The second-order valence-corrected chi connectivity index (χ2v) is 7.64. The minimum Gasteiger partial charge on any atom is -0.508 e. The van der Waals surface area contributed by atoms with Crippen LogP contribution in [0.3, 0.4) is 0 Å². The number of pyridine rings is 1. The van der Waals surface area contributed by atoms with Gasteiger partial charge in [-0.2, -0.15) is 0 Å². The third kappa shape index (κ3) is 6.42. The molecule has 0 aliphatic carbocycles. The average Bonchev–Trinajstić information content (AvgIpc) is 2.88. The molecule has 3 N–H and O–H groups in total. The van der Waals surface area contributed by atoms with E-state index in [2.05, 4.69) is 15.6 Å². The zero-order valence-corrected chi connectivity index (χ0v) is 18.6. The largest absolute Gasteiger partial charge is 0.508 e. The zero-order chi connectivity index (χ0) is 24.6. The van der Waals surface area contributed by atoms with Crippen LogP contribution in [0.15, 0.2) is 91.1 Å². The van der Waals surface area contributed by atoms with Crippen LogP contribution < -0.4 is 15.4 Å². The monoisotopic (exact) mass is 471 g/mol. The van der Waals surface area contributed by atoms with E-state index in [4.69, 9.17) is 4.74 Å². The molecule has 2 amide bonds. The Morgan fingerprint density at radius 1 is 0.829 bits per heavy atom. The van der Waals surface area contributed by atoms with E-state index in [-0.39, 0.29) is 41.4 Å². The van der Waals surface area contributed by atoms with Crippen molar-refractivity contribution in [3.63, 3.8) is 0 Å². The number of hydrogen-bond acceptors (Lipinski definition) is 5. The average molecular weight is 471 g/mol. The second kappa shape index (κ2) is 10.9. The highest BCUT2D eigenvalue weighted by Crippen LogP contribution is 2.23. The SMILES string of the molecule is O=C(NCc1ccc(CNC(=O)c2cccnc2Oc2ccc(F)cc2)cc1)c1cccc(O)c1. The summed E-state index contributed by atoms with van der Waals surface area (Å²) in [7, 11) is 0. The van der Waals surface area contributed by atoms with Crippen molar-refractivity contribution in [2.45, 2.75) is 13.1 Å². The van der Waals surface area contributed by atoms with Gasteiger partial charge in [-0.3, -0.25) is 9.59 Å². The smallest absolute Gasteiger partial charge is 0.257 e. The molecule has 0 spiro atoms. The molecule has 0 saturated carbocycles. The van der Waals surface area contributed by atoms with Crippen molar-refractivity contribution in [2.75, 3.05) is 0 Å². The zero-order valence-electron chi connectivity index (χ0n) is 18.6. The molecule has 176 valence electrons. The molecule has 3 aromatic carbocycles. The van der Waals surface area contributed by atoms with E-state index in [1.807, 2.05) is 24.3 Å². The standard InChI is InChI=1S/C27H22FN3O4/c28-21-10-12-23(13-11-21)35-27-24(5-2-14-29-27)26(34)31-17-19-8-6-18(7-9-19)16-30-25(33)20-3-1-4-22(32)15-20/h1-15,32H,16-17H2,(H,30,33)(H,31,34). The van der Waals surface area contributed by atoms with Gasteiger partial charge in [0.15, 0.2) is 0 Å². The van der Waals surface area contributed by atoms with Gasteiger partial charge in [0.1, 0.15) is 22.9 Å². The van der Waals surface area contributed by atoms with E-state index in [1.54, 1.807) is 24.3 Å². The van der Waals surface area contributed by atoms with Gasteiger partial charge < -0.3 is 20.5 Å². The number of nitrogens with one attached hydrogen (secondary N) is 2. The number of amides is 2. The lowest BCUT2D eigenvalue weighted by atomic mass is 10.1. The highest BCUT2D eigenvalue weighted by molar-refractivity contribution is 5.96. The van der Waals surface area contributed by atoms with Gasteiger partial charge in [0.2, 0.25) is 5.88 Å². The van der Waals surface area contributed by atoms with Gasteiger partial charge in [0.25, 0.3) is 11.8 Å². The number of aromatic hydroxyl groups is 1. The van der Waals surface area contributed by atoms with Crippen molar-refractivity contribution in [3.8, 4) is 17.4 Å². The molecule has 0 unspecified atom stereocenters. The molecule has 1 heterocycles. The summed E-state index contributed by atoms with van der Waals surface area (Å²) in [6.45, 7) is 0.598. The lowest BCUT2D eigenvalue weighted by Crippen LogP contribution is -2.24. The first kappa shape index (κ1) is 23.4. The first-order valence-corrected chi connectivity index (χ1v) is 10.8. The second-order valence-electron chi connectivity index (χ2n) is 7.64. The van der Waals surface area contributed by atoms with Crippen molar-refractivity contribution >= 4 is 11.8 Å². The molecule has 35 heavy (non-hydrogen) atoms. The van der Waals surface area contributed by atoms with E-state index in [9.17, 15) is 19.1 Å². The third-order valence-electron chi connectivity index (χ3n) is 5.08. The molecule has 0 aliphatic heterocycles. The summed E-state index contributed by atoms with van der Waals surface area (Å²) < 4.78 is 18.8. The van der Waals surface area contributed by atoms with Gasteiger partial charge in [-0.15, -0.1) is 0 Å². The van der Waals surface area contributed by atoms with Crippen LogP contribution in [0.2, 0.25) is 0 Å². The molecular weight excluding hydrogens is 449 g/mol. The lowest BCUT2D eigenvalue weighted by Gasteiger charge is -2.11. The van der Waals surface area contributed by atoms with E-state index in [0.29, 0.717) is 17.9 Å². The van der Waals surface area contributed by atoms with Gasteiger partial charge in [-0.1, -0.05) is 30.3 Å². The van der Waals surface area contributed by atoms with Crippen LogP contribution in [0.4, 0.5) is 4.39 Å². The number of carbonyl (C=O) groups is 2. The van der Waals surface area contributed by atoms with Gasteiger partial charge in [0, 0.05) is 24.8 Å². The minimum atomic E-state index is -0.388. The van der Waals surface area contributed by atoms with Gasteiger partial charge in [-0.05, 0) is 65.7 Å². The van der Waals surface area contributed by atoms with Crippen LogP contribution in [0.25, 0.3) is 0 Å². The van der Waals surface area contributed by atoms with Gasteiger partial charge in [0.05, 0.1) is 0 Å². The third-order valence-corrected chi connectivity index (χ3v) is 5.08. The Kier molecular flexibility index (Phi) is 7.32. The molecule has 0 saturated heterocycles. The van der Waals surface area contributed by atoms with E-state index < -0.39 is 0 Å². The van der Waals surface area contributed by atoms with Crippen LogP contribution in [0, 0.1) is 5.82 Å². The molecular formula is C27H22FN3O4. The molecule has 0 atom stereocenters. The van der Waals surface area contributed by atoms with Crippen molar-refractivity contribution in [1.82, 2.24) is 15.6 Å². The van der Waals surface area contributed by atoms with E-state index >= 15 is 0 Å². The Hall–Kier alpha value is -4.72. The van der Waals surface area contributed by atoms with Crippen molar-refractivity contribution < 1.29 is 23.8 Å². The fourth-order valence-corrected chi connectivity index (χ4v) is 3.24. The minimum absolute atomic E-state index is 0.0319. The Bertz CT molecular complexity index is 1330. The highest BCUT2D eigenvalue weighted by atomic mass is 19.1. The molecule has 0 fully saturated rings. The fourth-order valence-electron chi connectivity index (χ4n) is 3.24. The lowest BCUT2D eigenvalue weighted by molar-refractivity contribution is 0.0940. The van der Waals surface area contributed by atoms with E-state index in [1.165, 1.54) is 42.6 Å². The molecule has 4 rings (SSSR count). The Morgan fingerprint density at radius 2 is 1.49 bits per heavy atom. The summed E-state index contributed by atoms with van der Waals surface area (Å²) in [4.78, 5) is 29.1. The Balaban J connectivity index is 1.32. The normalized spacial score (nSPS) is 10.4. The number of nitrogens with zero attached hydrogens (tertiary/aromatic N) is 1. The number of ether oxygens (including phenoxy) is 1. The van der Waals surface area contributed by atoms with Crippen LogP contribution in [0.1, 0.15) is 31.8 Å². The number of hydrogen-bond donors (Lipinski definition) is 3. The summed E-state index contributed by atoms with van der Waals surface area (Å²) in [5.41, 5.74) is 2.38. The number of halogens is 1. The van der Waals surface area contributed by atoms with Crippen LogP contribution >= 0.6 is 0 Å². The van der Waals surface area contributed by atoms with Crippen molar-refractivity contribution in [2.24, 2.45) is 0 Å². The maximum absolute atomic E-state index is 13.1. The maximum Gasteiger partial charge on any atom is 0.257 e. The molecule has 0 radical (unpaired) electrons. The predicted octanol–water partition coefficient (Wildman–Crippen LogP) is 4.58. The number of rotatable bonds is 8. The summed E-state index contributed by atoms with van der Waals surface area (Å²) in [5, 5.41) is 15.1. The number of carbonyl (C=O) groups excluding carboxylic acids is 2. The van der Waals surface area contributed by atoms with Gasteiger partial charge >= 0.3 is 0 Å². The van der Waals surface area contributed by atoms with Crippen LogP contribution in [-0.2, 0) is 13.1 Å². The van der Waals surface area contributed by atoms with Crippen molar-refractivity contribution in [3.05, 3.63) is 119 Å². The Labute approximate surface area is 201 Å². The predicted molar refractivity (Wildman–Crippen MR) is 128 cm³/mol. The first-order chi connectivity index (χ1) is 17.0. The highest BCUT2D eigenvalue weighted by Gasteiger charge is 2.14. The molecule has 1 aromatic heterocycles.